The third kappa shape index (κ3) is 1.98. The maximum atomic E-state index is 5.91. The summed E-state index contributed by atoms with van der Waals surface area (Å²) < 4.78 is 6.49. The third-order valence-corrected chi connectivity index (χ3v) is 3.52. The molecule has 90 valence electrons. The first-order chi connectivity index (χ1) is 8.63. The van der Waals surface area contributed by atoms with E-state index in [-0.39, 0.29) is 0 Å². The molecule has 0 fully saturated rings. The molecule has 3 aromatic rings. The van der Waals surface area contributed by atoms with E-state index in [9.17, 15) is 0 Å². The minimum atomic E-state index is 0.549. The predicted octanol–water partition coefficient (Wildman–Crippen LogP) is 4.49. The number of halogens is 2. The lowest BCUT2D eigenvalue weighted by Crippen LogP contribution is -1.86. The fourth-order valence-corrected chi connectivity index (χ4v) is 2.23. The SMILES string of the molecule is Nc1ccc(-c2nc3cc(Cl)ccc3o2)cc1Br. The second-order valence-corrected chi connectivity index (χ2v) is 5.16. The Balaban J connectivity index is 2.16. The molecule has 0 aliphatic heterocycles. The molecule has 0 radical (unpaired) electrons. The summed E-state index contributed by atoms with van der Waals surface area (Å²) in [5.41, 5.74) is 8.74. The Bertz CT molecular complexity index is 739. The molecule has 1 aromatic heterocycles. The largest absolute Gasteiger partial charge is 0.436 e. The van der Waals surface area contributed by atoms with Crippen molar-refractivity contribution in [3.05, 3.63) is 45.9 Å². The highest BCUT2D eigenvalue weighted by molar-refractivity contribution is 9.10. The van der Waals surface area contributed by atoms with Crippen molar-refractivity contribution in [2.75, 3.05) is 5.73 Å². The summed E-state index contributed by atoms with van der Waals surface area (Å²) in [6.45, 7) is 0. The summed E-state index contributed by atoms with van der Waals surface area (Å²) in [5.74, 6) is 0.549. The molecule has 0 aliphatic carbocycles. The number of fused-ring (bicyclic) bond motifs is 1. The maximum Gasteiger partial charge on any atom is 0.227 e. The summed E-state index contributed by atoms with van der Waals surface area (Å²) in [6, 6.07) is 10.9. The average molecular weight is 324 g/mol. The zero-order chi connectivity index (χ0) is 12.7. The normalized spacial score (nSPS) is 11.0. The number of rotatable bonds is 1. The van der Waals surface area contributed by atoms with Gasteiger partial charge in [0.25, 0.3) is 0 Å². The molecule has 0 atom stereocenters. The highest BCUT2D eigenvalue weighted by atomic mass is 79.9. The zero-order valence-corrected chi connectivity index (χ0v) is 11.5. The van der Waals surface area contributed by atoms with E-state index in [2.05, 4.69) is 20.9 Å². The first kappa shape index (κ1) is 11.6. The van der Waals surface area contributed by atoms with Crippen molar-refractivity contribution in [3.8, 4) is 11.5 Å². The minimum Gasteiger partial charge on any atom is -0.436 e. The van der Waals surface area contributed by atoms with Crippen molar-refractivity contribution >= 4 is 44.3 Å². The molecule has 0 saturated heterocycles. The van der Waals surface area contributed by atoms with E-state index < -0.39 is 0 Å². The second kappa shape index (κ2) is 4.30. The van der Waals surface area contributed by atoms with Gasteiger partial charge >= 0.3 is 0 Å². The number of nitrogen functional groups attached to an aromatic ring is 1. The number of hydrogen-bond acceptors (Lipinski definition) is 3. The molecular formula is C13H8BrClN2O. The Kier molecular flexibility index (Phi) is 2.76. The summed E-state index contributed by atoms with van der Waals surface area (Å²) >= 11 is 9.30. The number of anilines is 1. The van der Waals surface area contributed by atoms with Crippen molar-refractivity contribution in [3.63, 3.8) is 0 Å². The van der Waals surface area contributed by atoms with Crippen LogP contribution in [0.25, 0.3) is 22.6 Å². The smallest absolute Gasteiger partial charge is 0.227 e. The standard InChI is InChI=1S/C13H8BrClN2O/c14-9-5-7(1-3-10(9)16)13-17-11-6-8(15)2-4-12(11)18-13/h1-6H,16H2. The van der Waals surface area contributed by atoms with Crippen molar-refractivity contribution < 1.29 is 4.42 Å². The van der Waals surface area contributed by atoms with Crippen molar-refractivity contribution in [2.24, 2.45) is 0 Å². The van der Waals surface area contributed by atoms with Gasteiger partial charge in [0, 0.05) is 20.7 Å². The number of hydrogen-bond donors (Lipinski definition) is 1. The summed E-state index contributed by atoms with van der Waals surface area (Å²) in [6.07, 6.45) is 0. The lowest BCUT2D eigenvalue weighted by Gasteiger charge is -1.99. The van der Waals surface area contributed by atoms with Crippen LogP contribution >= 0.6 is 27.5 Å². The van der Waals surface area contributed by atoms with Crippen LogP contribution in [0.15, 0.2) is 45.3 Å². The topological polar surface area (TPSA) is 52.0 Å². The summed E-state index contributed by atoms with van der Waals surface area (Å²) in [7, 11) is 0. The van der Waals surface area contributed by atoms with Crippen molar-refractivity contribution in [1.82, 2.24) is 4.98 Å². The highest BCUT2D eigenvalue weighted by Gasteiger charge is 2.09. The monoisotopic (exact) mass is 322 g/mol. The van der Waals surface area contributed by atoms with E-state index >= 15 is 0 Å². The highest BCUT2D eigenvalue weighted by Crippen LogP contribution is 2.29. The molecule has 18 heavy (non-hydrogen) atoms. The van der Waals surface area contributed by atoms with Crippen LogP contribution < -0.4 is 5.73 Å². The molecule has 2 aromatic carbocycles. The Morgan fingerprint density at radius 2 is 2.00 bits per heavy atom. The van der Waals surface area contributed by atoms with Gasteiger partial charge in [0.1, 0.15) is 5.52 Å². The molecule has 3 nitrogen and oxygen atoms in total. The van der Waals surface area contributed by atoms with E-state index in [0.717, 1.165) is 15.6 Å². The Labute approximate surface area is 117 Å². The molecule has 0 unspecified atom stereocenters. The molecular weight excluding hydrogens is 316 g/mol. The van der Waals surface area contributed by atoms with Crippen LogP contribution in [0.1, 0.15) is 0 Å². The summed E-state index contributed by atoms with van der Waals surface area (Å²) in [5, 5.41) is 0.640. The Morgan fingerprint density at radius 1 is 1.17 bits per heavy atom. The van der Waals surface area contributed by atoms with E-state index in [0.29, 0.717) is 22.2 Å². The van der Waals surface area contributed by atoms with Gasteiger partial charge in [0.05, 0.1) is 0 Å². The van der Waals surface area contributed by atoms with E-state index in [4.69, 9.17) is 21.8 Å². The van der Waals surface area contributed by atoms with Gasteiger partial charge in [-0.15, -0.1) is 0 Å². The van der Waals surface area contributed by atoms with Crippen LogP contribution in [0.2, 0.25) is 5.02 Å². The molecule has 0 bridgehead atoms. The Morgan fingerprint density at radius 3 is 2.78 bits per heavy atom. The first-order valence-corrected chi connectivity index (χ1v) is 6.42. The van der Waals surface area contributed by atoms with Crippen LogP contribution in [0.5, 0.6) is 0 Å². The second-order valence-electron chi connectivity index (χ2n) is 3.87. The number of aromatic nitrogens is 1. The van der Waals surface area contributed by atoms with Gasteiger partial charge in [-0.25, -0.2) is 4.98 Å². The molecule has 5 heteroatoms. The lowest BCUT2D eigenvalue weighted by molar-refractivity contribution is 0.620. The van der Waals surface area contributed by atoms with Gasteiger partial charge in [-0.2, -0.15) is 0 Å². The number of nitrogens with zero attached hydrogens (tertiary/aromatic N) is 1. The number of nitrogens with two attached hydrogens (primary N) is 1. The fourth-order valence-electron chi connectivity index (χ4n) is 1.68. The Hall–Kier alpha value is -1.52. The van der Waals surface area contributed by atoms with Gasteiger partial charge in [0.2, 0.25) is 5.89 Å². The summed E-state index contributed by atoms with van der Waals surface area (Å²) in [4.78, 5) is 4.40. The van der Waals surface area contributed by atoms with Crippen LogP contribution in [0, 0.1) is 0 Å². The van der Waals surface area contributed by atoms with Gasteiger partial charge in [-0.1, -0.05) is 11.6 Å². The molecule has 2 N–H and O–H groups in total. The zero-order valence-electron chi connectivity index (χ0n) is 9.15. The van der Waals surface area contributed by atoms with Crippen LogP contribution in [0.4, 0.5) is 5.69 Å². The molecule has 0 spiro atoms. The predicted molar refractivity (Wildman–Crippen MR) is 76.6 cm³/mol. The quantitative estimate of drug-likeness (QED) is 0.671. The van der Waals surface area contributed by atoms with Gasteiger partial charge in [-0.3, -0.25) is 0 Å². The van der Waals surface area contributed by atoms with E-state index in [1.54, 1.807) is 24.3 Å². The van der Waals surface area contributed by atoms with Crippen LogP contribution in [-0.4, -0.2) is 4.98 Å². The fraction of sp³-hybridized carbons (Fsp3) is 0. The number of oxazole rings is 1. The molecule has 1 heterocycles. The third-order valence-electron chi connectivity index (χ3n) is 2.60. The van der Waals surface area contributed by atoms with Gasteiger partial charge < -0.3 is 10.2 Å². The van der Waals surface area contributed by atoms with Gasteiger partial charge in [-0.05, 0) is 52.3 Å². The van der Waals surface area contributed by atoms with Crippen LogP contribution in [0.3, 0.4) is 0 Å². The first-order valence-electron chi connectivity index (χ1n) is 5.25. The van der Waals surface area contributed by atoms with Crippen molar-refractivity contribution in [1.29, 1.82) is 0 Å². The van der Waals surface area contributed by atoms with Crippen molar-refractivity contribution in [2.45, 2.75) is 0 Å². The number of benzene rings is 2. The van der Waals surface area contributed by atoms with E-state index in [1.807, 2.05) is 12.1 Å². The molecule has 3 rings (SSSR count). The molecule has 0 aliphatic rings. The van der Waals surface area contributed by atoms with E-state index in [1.165, 1.54) is 0 Å². The lowest BCUT2D eigenvalue weighted by atomic mass is 10.2. The average Bonchev–Trinajstić information content (AvgIpc) is 2.75. The molecule has 0 saturated carbocycles. The van der Waals surface area contributed by atoms with Crippen LogP contribution in [-0.2, 0) is 0 Å². The molecule has 0 amide bonds. The van der Waals surface area contributed by atoms with Gasteiger partial charge in [0.15, 0.2) is 5.58 Å². The minimum absolute atomic E-state index is 0.549. The maximum absolute atomic E-state index is 5.91.